The minimum Gasteiger partial charge on any atom is -0.464 e. The van der Waals surface area contributed by atoms with E-state index in [0.717, 1.165) is 24.8 Å². The summed E-state index contributed by atoms with van der Waals surface area (Å²) >= 11 is 6.37. The molecule has 5 rings (SSSR count). The van der Waals surface area contributed by atoms with Gasteiger partial charge in [0, 0.05) is 31.6 Å². The van der Waals surface area contributed by atoms with E-state index in [1.165, 1.54) is 15.3 Å². The van der Waals surface area contributed by atoms with Crippen molar-refractivity contribution in [3.63, 3.8) is 0 Å². The predicted molar refractivity (Wildman–Crippen MR) is 129 cm³/mol. The molecule has 0 spiro atoms. The molecule has 0 bridgehead atoms. The van der Waals surface area contributed by atoms with Crippen LogP contribution in [0.25, 0.3) is 11.0 Å². The van der Waals surface area contributed by atoms with Gasteiger partial charge in [0.15, 0.2) is 0 Å². The first-order valence-electron chi connectivity index (χ1n) is 11.5. The van der Waals surface area contributed by atoms with Crippen LogP contribution in [-0.2, 0) is 14.8 Å². The molecule has 2 aromatic heterocycles. The highest BCUT2D eigenvalue weighted by molar-refractivity contribution is 7.89. The minimum atomic E-state index is -3.64. The van der Waals surface area contributed by atoms with Crippen LogP contribution < -0.4 is 10.9 Å². The van der Waals surface area contributed by atoms with Crippen molar-refractivity contribution in [3.05, 3.63) is 52.1 Å². The lowest BCUT2D eigenvalue weighted by molar-refractivity contribution is 0.0595. The summed E-state index contributed by atoms with van der Waals surface area (Å²) in [7, 11) is -3.64. The van der Waals surface area contributed by atoms with Crippen LogP contribution in [0.1, 0.15) is 31.7 Å². The standard InChI is InChI=1S/C23H27ClN4O5S/c24-22-20(25-13-16-2-1-10-32-15-16)14-26-28(23(22)29)18-5-8-27(9-6-18)34(30,31)19-3-4-21-17(12-19)7-11-33-21/h3-4,7,11-12,14,16,18,25H,1-2,5-6,8-10,13,15H2/t16-/m1/s1. The quantitative estimate of drug-likeness (QED) is 0.545. The lowest BCUT2D eigenvalue weighted by Gasteiger charge is -2.31. The van der Waals surface area contributed by atoms with Crippen LogP contribution in [0.5, 0.6) is 0 Å². The van der Waals surface area contributed by atoms with Crippen LogP contribution in [0, 0.1) is 5.92 Å². The van der Waals surface area contributed by atoms with Gasteiger partial charge in [0.1, 0.15) is 10.6 Å². The number of ether oxygens (including phenoxy) is 1. The lowest BCUT2D eigenvalue weighted by atomic mass is 10.0. The maximum atomic E-state index is 13.1. The third-order valence-corrected chi connectivity index (χ3v) is 8.87. The molecule has 0 unspecified atom stereocenters. The van der Waals surface area contributed by atoms with E-state index < -0.39 is 10.0 Å². The first-order valence-corrected chi connectivity index (χ1v) is 13.3. The molecular formula is C23H27ClN4O5S. The monoisotopic (exact) mass is 506 g/mol. The second-order valence-corrected chi connectivity index (χ2v) is 11.2. The lowest BCUT2D eigenvalue weighted by Crippen LogP contribution is -2.41. The normalized spacial score (nSPS) is 20.6. The number of rotatable bonds is 6. The number of benzene rings is 1. The molecule has 2 saturated heterocycles. The van der Waals surface area contributed by atoms with Crippen molar-refractivity contribution in [2.24, 2.45) is 5.92 Å². The van der Waals surface area contributed by atoms with Crippen LogP contribution in [-0.4, -0.2) is 55.4 Å². The fourth-order valence-electron chi connectivity index (χ4n) is 4.63. The molecule has 1 N–H and O–H groups in total. The van der Waals surface area contributed by atoms with Crippen molar-refractivity contribution in [2.75, 3.05) is 38.2 Å². The molecule has 1 atom stereocenters. The number of furan rings is 1. The molecule has 0 radical (unpaired) electrons. The molecule has 34 heavy (non-hydrogen) atoms. The van der Waals surface area contributed by atoms with Gasteiger partial charge in [0.2, 0.25) is 10.0 Å². The Labute approximate surface area is 202 Å². The van der Waals surface area contributed by atoms with E-state index >= 15 is 0 Å². The fourth-order valence-corrected chi connectivity index (χ4v) is 6.34. The smallest absolute Gasteiger partial charge is 0.287 e. The van der Waals surface area contributed by atoms with Crippen molar-refractivity contribution >= 4 is 38.3 Å². The summed E-state index contributed by atoms with van der Waals surface area (Å²) in [5, 5.41) is 8.42. The van der Waals surface area contributed by atoms with E-state index in [4.69, 9.17) is 20.8 Å². The summed E-state index contributed by atoms with van der Waals surface area (Å²) in [6.45, 7) is 2.76. The topological polar surface area (TPSA) is 107 Å². The van der Waals surface area contributed by atoms with Gasteiger partial charge in [0.05, 0.1) is 35.7 Å². The Balaban J connectivity index is 1.25. The highest BCUT2D eigenvalue weighted by Crippen LogP contribution is 2.28. The minimum absolute atomic E-state index is 0.107. The zero-order valence-electron chi connectivity index (χ0n) is 18.7. The van der Waals surface area contributed by atoms with Crippen molar-refractivity contribution in [3.8, 4) is 0 Å². The summed E-state index contributed by atoms with van der Waals surface area (Å²) in [6, 6.07) is 6.37. The number of anilines is 1. The third kappa shape index (κ3) is 4.59. The maximum absolute atomic E-state index is 13.1. The molecule has 0 saturated carbocycles. The van der Waals surface area contributed by atoms with Crippen LogP contribution in [0.2, 0.25) is 5.02 Å². The maximum Gasteiger partial charge on any atom is 0.287 e. The van der Waals surface area contributed by atoms with E-state index in [1.54, 1.807) is 30.5 Å². The summed E-state index contributed by atoms with van der Waals surface area (Å²) in [4.78, 5) is 13.1. The molecule has 11 heteroatoms. The molecule has 2 aliphatic heterocycles. The molecular weight excluding hydrogens is 480 g/mol. The Kier molecular flexibility index (Phi) is 6.65. The number of halogens is 1. The number of sulfonamides is 1. The molecule has 4 heterocycles. The van der Waals surface area contributed by atoms with Gasteiger partial charge in [-0.2, -0.15) is 9.40 Å². The molecule has 3 aromatic rings. The molecule has 0 amide bonds. The summed E-state index contributed by atoms with van der Waals surface area (Å²) < 4.78 is 39.9. The first kappa shape index (κ1) is 23.3. The van der Waals surface area contributed by atoms with E-state index in [0.29, 0.717) is 56.3 Å². The van der Waals surface area contributed by atoms with Gasteiger partial charge in [-0.3, -0.25) is 4.79 Å². The van der Waals surface area contributed by atoms with Crippen LogP contribution in [0.15, 0.2) is 50.8 Å². The summed E-state index contributed by atoms with van der Waals surface area (Å²) in [5.74, 6) is 0.382. The highest BCUT2D eigenvalue weighted by atomic mass is 35.5. The van der Waals surface area contributed by atoms with E-state index in [1.807, 2.05) is 0 Å². The molecule has 0 aliphatic carbocycles. The number of hydrogen-bond acceptors (Lipinski definition) is 7. The second-order valence-electron chi connectivity index (χ2n) is 8.84. The number of nitrogens with one attached hydrogen (secondary N) is 1. The third-order valence-electron chi connectivity index (χ3n) is 6.61. The first-order chi connectivity index (χ1) is 16.4. The Morgan fingerprint density at radius 3 is 2.76 bits per heavy atom. The van der Waals surface area contributed by atoms with Gasteiger partial charge in [-0.25, -0.2) is 13.1 Å². The van der Waals surface area contributed by atoms with Crippen LogP contribution >= 0.6 is 11.6 Å². The summed E-state index contributed by atoms with van der Waals surface area (Å²) in [6.07, 6.45) is 6.17. The average Bonchev–Trinajstić information content (AvgIpc) is 3.34. The number of nitrogens with zero attached hydrogens (tertiary/aromatic N) is 3. The van der Waals surface area contributed by atoms with Crippen LogP contribution in [0.4, 0.5) is 5.69 Å². The van der Waals surface area contributed by atoms with Gasteiger partial charge in [-0.1, -0.05) is 11.6 Å². The van der Waals surface area contributed by atoms with Crippen molar-refractivity contribution in [1.29, 1.82) is 0 Å². The molecule has 182 valence electrons. The zero-order chi connectivity index (χ0) is 23.7. The fraction of sp³-hybridized carbons (Fsp3) is 0.478. The molecule has 2 fully saturated rings. The predicted octanol–water partition coefficient (Wildman–Crippen LogP) is 3.51. The number of hydrogen-bond donors (Lipinski definition) is 1. The molecule has 1 aromatic carbocycles. The number of piperidine rings is 1. The van der Waals surface area contributed by atoms with Gasteiger partial charge < -0.3 is 14.5 Å². The molecule has 2 aliphatic rings. The van der Waals surface area contributed by atoms with Gasteiger partial charge >= 0.3 is 0 Å². The van der Waals surface area contributed by atoms with Crippen molar-refractivity contribution in [1.82, 2.24) is 14.1 Å². The Bertz CT molecular complexity index is 1320. The van der Waals surface area contributed by atoms with Crippen LogP contribution in [0.3, 0.4) is 0 Å². The van der Waals surface area contributed by atoms with E-state index in [-0.39, 0.29) is 21.5 Å². The second kappa shape index (κ2) is 9.69. The van der Waals surface area contributed by atoms with Crippen molar-refractivity contribution in [2.45, 2.75) is 36.6 Å². The number of aromatic nitrogens is 2. The van der Waals surface area contributed by atoms with Gasteiger partial charge in [-0.15, -0.1) is 0 Å². The summed E-state index contributed by atoms with van der Waals surface area (Å²) in [5.41, 5.74) is 0.798. The van der Waals surface area contributed by atoms with E-state index in [2.05, 4.69) is 10.4 Å². The Morgan fingerprint density at radius 2 is 2.00 bits per heavy atom. The largest absolute Gasteiger partial charge is 0.464 e. The van der Waals surface area contributed by atoms with E-state index in [9.17, 15) is 13.2 Å². The Morgan fingerprint density at radius 1 is 1.18 bits per heavy atom. The Hall–Kier alpha value is -2.40. The SMILES string of the molecule is O=c1c(Cl)c(NC[C@H]2CCCOC2)cnn1C1CCN(S(=O)(=O)c2ccc3occc3c2)CC1. The van der Waals surface area contributed by atoms with Gasteiger partial charge in [-0.05, 0) is 55.9 Å². The van der Waals surface area contributed by atoms with Gasteiger partial charge in [0.25, 0.3) is 5.56 Å². The number of fused-ring (bicyclic) bond motifs is 1. The van der Waals surface area contributed by atoms with Crippen molar-refractivity contribution < 1.29 is 17.6 Å². The molecule has 9 nitrogen and oxygen atoms in total. The zero-order valence-corrected chi connectivity index (χ0v) is 20.2. The highest BCUT2D eigenvalue weighted by Gasteiger charge is 2.31. The average molecular weight is 507 g/mol.